The number of rotatable bonds is 3. The van der Waals surface area contributed by atoms with Crippen LogP contribution < -0.4 is 0 Å². The molecule has 0 fully saturated rings. The minimum absolute atomic E-state index is 0.139. The summed E-state index contributed by atoms with van der Waals surface area (Å²) in [6, 6.07) is 8.30. The maximum Gasteiger partial charge on any atom is 0.241 e. The molecular weight excluding hydrogens is 338 g/mol. The van der Waals surface area contributed by atoms with E-state index in [0.29, 0.717) is 11.7 Å². The van der Waals surface area contributed by atoms with Gasteiger partial charge in [-0.2, -0.15) is 0 Å². The van der Waals surface area contributed by atoms with Crippen LogP contribution in [0.1, 0.15) is 34.4 Å². The maximum absolute atomic E-state index is 13.0. The Bertz CT molecular complexity index is 912. The van der Waals surface area contributed by atoms with Crippen molar-refractivity contribution in [2.45, 2.75) is 37.4 Å². The van der Waals surface area contributed by atoms with Gasteiger partial charge < -0.3 is 0 Å². The molecule has 0 radical (unpaired) electrons. The molecule has 0 N–H and O–H groups in total. The number of aryl methyl sites for hydroxylation is 1. The number of nitrogens with zero attached hydrogens (tertiary/aromatic N) is 3. The Morgan fingerprint density at radius 3 is 3.00 bits per heavy atom. The van der Waals surface area contributed by atoms with E-state index in [2.05, 4.69) is 35.3 Å². The Morgan fingerprint density at radius 2 is 2.21 bits per heavy atom. The van der Waals surface area contributed by atoms with Crippen LogP contribution in [0.15, 0.2) is 28.6 Å². The van der Waals surface area contributed by atoms with Crippen molar-refractivity contribution in [2.75, 3.05) is 5.75 Å². The summed E-state index contributed by atoms with van der Waals surface area (Å²) in [5.41, 5.74) is 3.64. The summed E-state index contributed by atoms with van der Waals surface area (Å²) >= 11 is 3.02. The molecule has 0 aliphatic heterocycles. The third kappa shape index (κ3) is 2.78. The van der Waals surface area contributed by atoms with Crippen LogP contribution in [0.4, 0.5) is 0 Å². The lowest BCUT2D eigenvalue weighted by atomic mass is 9.88. The van der Waals surface area contributed by atoms with Crippen LogP contribution in [-0.2, 0) is 12.8 Å². The molecule has 4 rings (SSSR count). The molecule has 6 heteroatoms. The second-order valence-electron chi connectivity index (χ2n) is 6.40. The highest BCUT2D eigenvalue weighted by Crippen LogP contribution is 2.34. The zero-order chi connectivity index (χ0) is 16.7. The molecule has 124 valence electrons. The number of thioether (sulfide) groups is 1. The van der Waals surface area contributed by atoms with Crippen LogP contribution in [0.2, 0.25) is 0 Å². The highest BCUT2D eigenvalue weighted by Gasteiger charge is 2.25. The van der Waals surface area contributed by atoms with Crippen LogP contribution in [-0.4, -0.2) is 26.4 Å². The van der Waals surface area contributed by atoms with Crippen molar-refractivity contribution in [3.05, 3.63) is 40.5 Å². The Labute approximate surface area is 149 Å². The van der Waals surface area contributed by atoms with Gasteiger partial charge in [-0.15, -0.1) is 10.2 Å². The summed E-state index contributed by atoms with van der Waals surface area (Å²) in [5.74, 6) is 1.22. The largest absolute Gasteiger partial charge is 0.283 e. The van der Waals surface area contributed by atoms with Crippen LogP contribution in [0.5, 0.6) is 0 Å². The Balaban J connectivity index is 1.69. The molecule has 24 heavy (non-hydrogen) atoms. The molecule has 0 spiro atoms. The van der Waals surface area contributed by atoms with E-state index < -0.39 is 0 Å². The van der Waals surface area contributed by atoms with Gasteiger partial charge in [-0.1, -0.05) is 48.2 Å². The highest BCUT2D eigenvalue weighted by molar-refractivity contribution is 8.01. The van der Waals surface area contributed by atoms with E-state index in [4.69, 9.17) is 0 Å². The molecule has 1 aliphatic carbocycles. The van der Waals surface area contributed by atoms with Gasteiger partial charge in [0.2, 0.25) is 5.91 Å². The fourth-order valence-electron chi connectivity index (χ4n) is 3.49. The van der Waals surface area contributed by atoms with Crippen molar-refractivity contribution < 1.29 is 4.79 Å². The van der Waals surface area contributed by atoms with Gasteiger partial charge in [0.1, 0.15) is 5.01 Å². The van der Waals surface area contributed by atoms with Gasteiger partial charge in [-0.25, -0.2) is 0 Å². The molecule has 4 nitrogen and oxygen atoms in total. The maximum atomic E-state index is 13.0. The summed E-state index contributed by atoms with van der Waals surface area (Å²) in [6.45, 7) is 4.23. The first kappa shape index (κ1) is 15.8. The van der Waals surface area contributed by atoms with Gasteiger partial charge in [-0.05, 0) is 43.7 Å². The minimum atomic E-state index is 0.139. The second-order valence-corrected chi connectivity index (χ2v) is 8.80. The second kappa shape index (κ2) is 6.33. The number of benzene rings is 1. The summed E-state index contributed by atoms with van der Waals surface area (Å²) < 4.78 is 2.82. The molecule has 2 heterocycles. The van der Waals surface area contributed by atoms with Crippen molar-refractivity contribution >= 4 is 39.9 Å². The number of carbonyl (C=O) groups is 1. The minimum Gasteiger partial charge on any atom is -0.283 e. The summed E-state index contributed by atoms with van der Waals surface area (Å²) in [4.78, 5) is 13.0. The van der Waals surface area contributed by atoms with E-state index in [-0.39, 0.29) is 5.91 Å². The molecule has 0 saturated heterocycles. The zero-order valence-electron chi connectivity index (χ0n) is 13.8. The fraction of sp³-hybridized carbons (Fsp3) is 0.389. The Morgan fingerprint density at radius 1 is 1.38 bits per heavy atom. The molecular formula is C18H19N3OS2. The van der Waals surface area contributed by atoms with Crippen molar-refractivity contribution in [3.63, 3.8) is 0 Å². The Hall–Kier alpha value is -1.66. The average molecular weight is 358 g/mol. The average Bonchev–Trinajstić information content (AvgIpc) is 3.14. The van der Waals surface area contributed by atoms with Gasteiger partial charge in [0, 0.05) is 11.1 Å². The van der Waals surface area contributed by atoms with Gasteiger partial charge >= 0.3 is 0 Å². The fourth-order valence-corrected chi connectivity index (χ4v) is 5.16. The predicted molar refractivity (Wildman–Crippen MR) is 99.1 cm³/mol. The van der Waals surface area contributed by atoms with Crippen molar-refractivity contribution in [3.8, 4) is 0 Å². The molecule has 0 saturated carbocycles. The van der Waals surface area contributed by atoms with Crippen LogP contribution in [0.25, 0.3) is 10.9 Å². The highest BCUT2D eigenvalue weighted by atomic mass is 32.2. The van der Waals surface area contributed by atoms with Crippen LogP contribution in [0, 0.1) is 12.8 Å². The number of hydrogen-bond acceptors (Lipinski definition) is 5. The lowest BCUT2D eigenvalue weighted by molar-refractivity contribution is 0.0943. The number of fused-ring (bicyclic) bond motifs is 3. The first-order valence-electron chi connectivity index (χ1n) is 8.21. The molecule has 1 unspecified atom stereocenters. The molecule has 0 amide bonds. The molecule has 0 bridgehead atoms. The van der Waals surface area contributed by atoms with E-state index in [1.54, 1.807) is 0 Å². The van der Waals surface area contributed by atoms with Crippen molar-refractivity contribution in [2.24, 2.45) is 5.92 Å². The molecule has 1 atom stereocenters. The molecule has 1 aromatic carbocycles. The molecule has 2 aromatic heterocycles. The summed E-state index contributed by atoms with van der Waals surface area (Å²) in [5, 5.41) is 10.3. The van der Waals surface area contributed by atoms with E-state index in [1.807, 2.05) is 17.6 Å². The Kier molecular flexibility index (Phi) is 4.18. The third-order valence-electron chi connectivity index (χ3n) is 4.59. The van der Waals surface area contributed by atoms with Gasteiger partial charge in [0.25, 0.3) is 0 Å². The summed E-state index contributed by atoms with van der Waals surface area (Å²) in [7, 11) is 0. The quantitative estimate of drug-likeness (QED) is 0.654. The number of para-hydroxylation sites is 1. The lowest BCUT2D eigenvalue weighted by Gasteiger charge is -2.20. The van der Waals surface area contributed by atoms with Gasteiger partial charge in [0.15, 0.2) is 4.34 Å². The zero-order valence-corrected chi connectivity index (χ0v) is 15.4. The van der Waals surface area contributed by atoms with Gasteiger partial charge in [0.05, 0.1) is 11.3 Å². The SMILES string of the molecule is Cc1nnc(SCC(=O)n2c3c(c4ccccc42)CC(C)CC3)s1. The first-order chi connectivity index (χ1) is 11.6. The molecule has 3 aromatic rings. The van der Waals surface area contributed by atoms with Crippen LogP contribution >= 0.6 is 23.1 Å². The lowest BCUT2D eigenvalue weighted by Crippen LogP contribution is -2.20. The van der Waals surface area contributed by atoms with E-state index in [9.17, 15) is 4.79 Å². The van der Waals surface area contributed by atoms with Crippen LogP contribution in [0.3, 0.4) is 0 Å². The standard InChI is InChI=1S/C18H19N3OS2/c1-11-7-8-16-14(9-11)13-5-3-4-6-15(13)21(16)17(22)10-23-18-20-19-12(2)24-18/h3-6,11H,7-10H2,1-2H3. The van der Waals surface area contributed by atoms with E-state index >= 15 is 0 Å². The number of carbonyl (C=O) groups excluding carboxylic acids is 1. The van der Waals surface area contributed by atoms with Crippen molar-refractivity contribution in [1.29, 1.82) is 0 Å². The van der Waals surface area contributed by atoms with Gasteiger partial charge in [-0.3, -0.25) is 9.36 Å². The predicted octanol–water partition coefficient (Wildman–Crippen LogP) is 4.36. The van der Waals surface area contributed by atoms with E-state index in [1.165, 1.54) is 39.7 Å². The number of hydrogen-bond donors (Lipinski definition) is 0. The third-order valence-corrected chi connectivity index (χ3v) is 6.55. The normalized spacial score (nSPS) is 17.2. The van der Waals surface area contributed by atoms with Crippen molar-refractivity contribution in [1.82, 2.24) is 14.8 Å². The monoisotopic (exact) mass is 357 g/mol. The summed E-state index contributed by atoms with van der Waals surface area (Å²) in [6.07, 6.45) is 3.21. The smallest absolute Gasteiger partial charge is 0.241 e. The topological polar surface area (TPSA) is 47.8 Å². The first-order valence-corrected chi connectivity index (χ1v) is 10.0. The number of aromatic nitrogens is 3. The van der Waals surface area contributed by atoms with E-state index in [0.717, 1.165) is 34.1 Å². The molecule has 1 aliphatic rings.